The van der Waals surface area contributed by atoms with Crippen molar-refractivity contribution in [3.63, 3.8) is 0 Å². The summed E-state index contributed by atoms with van der Waals surface area (Å²) in [6, 6.07) is 4.12. The molecule has 5 nitrogen and oxygen atoms in total. The summed E-state index contributed by atoms with van der Waals surface area (Å²) in [4.78, 5) is 15.7. The number of hydrogen-bond donors (Lipinski definition) is 1. The second-order valence-corrected chi connectivity index (χ2v) is 6.11. The lowest BCUT2D eigenvalue weighted by atomic mass is 10.2. The van der Waals surface area contributed by atoms with Crippen molar-refractivity contribution in [3.8, 4) is 0 Å². The molecule has 0 saturated heterocycles. The molecule has 2 heterocycles. The van der Waals surface area contributed by atoms with Gasteiger partial charge in [-0.2, -0.15) is 5.10 Å². The summed E-state index contributed by atoms with van der Waals surface area (Å²) < 4.78 is 1.57. The second-order valence-electron chi connectivity index (χ2n) is 5.08. The van der Waals surface area contributed by atoms with Crippen molar-refractivity contribution in [1.82, 2.24) is 14.7 Å². The summed E-state index contributed by atoms with van der Waals surface area (Å²) in [7, 11) is 1.75. The summed E-state index contributed by atoms with van der Waals surface area (Å²) in [6.45, 7) is 6.42. The third-order valence-corrected chi connectivity index (χ3v) is 4.12. The molecule has 0 aliphatic rings. The van der Waals surface area contributed by atoms with E-state index in [2.05, 4.69) is 5.10 Å². The Labute approximate surface area is 123 Å². The van der Waals surface area contributed by atoms with E-state index in [9.17, 15) is 4.79 Å². The van der Waals surface area contributed by atoms with Gasteiger partial charge in [0, 0.05) is 18.0 Å². The first-order valence-electron chi connectivity index (χ1n) is 6.54. The lowest BCUT2D eigenvalue weighted by Gasteiger charge is -2.26. The van der Waals surface area contributed by atoms with Crippen LogP contribution in [0.5, 0.6) is 0 Å². The van der Waals surface area contributed by atoms with Crippen molar-refractivity contribution in [3.05, 3.63) is 33.8 Å². The minimum atomic E-state index is -0.0750. The predicted molar refractivity (Wildman–Crippen MR) is 81.7 cm³/mol. The van der Waals surface area contributed by atoms with Crippen molar-refractivity contribution >= 4 is 22.9 Å². The molecule has 2 N–H and O–H groups in total. The number of thiophene rings is 1. The Hall–Kier alpha value is -1.82. The molecule has 0 bridgehead atoms. The van der Waals surface area contributed by atoms with Gasteiger partial charge in [-0.05, 0) is 32.2 Å². The molecule has 0 radical (unpaired) electrons. The summed E-state index contributed by atoms with van der Waals surface area (Å²) in [5.74, 6) is -0.0750. The molecule has 2 aromatic rings. The first-order valence-corrected chi connectivity index (χ1v) is 7.42. The monoisotopic (exact) mass is 292 g/mol. The highest BCUT2D eigenvalue weighted by molar-refractivity contribution is 7.09. The van der Waals surface area contributed by atoms with E-state index >= 15 is 0 Å². The molecule has 1 amide bonds. The number of amides is 1. The Bertz CT molecular complexity index is 601. The van der Waals surface area contributed by atoms with Gasteiger partial charge in [-0.3, -0.25) is 9.48 Å². The zero-order valence-corrected chi connectivity index (χ0v) is 13.1. The van der Waals surface area contributed by atoms with E-state index in [0.717, 1.165) is 4.88 Å². The predicted octanol–water partition coefficient (Wildman–Crippen LogP) is 2.42. The fourth-order valence-electron chi connectivity index (χ4n) is 2.12. The first kappa shape index (κ1) is 14.6. The number of carbonyl (C=O) groups is 1. The van der Waals surface area contributed by atoms with Gasteiger partial charge >= 0.3 is 0 Å². The van der Waals surface area contributed by atoms with Gasteiger partial charge in [0.2, 0.25) is 0 Å². The van der Waals surface area contributed by atoms with Crippen LogP contribution in [0, 0.1) is 6.92 Å². The van der Waals surface area contributed by atoms with Gasteiger partial charge in [0.25, 0.3) is 5.91 Å². The van der Waals surface area contributed by atoms with E-state index in [-0.39, 0.29) is 11.9 Å². The van der Waals surface area contributed by atoms with E-state index in [1.165, 1.54) is 0 Å². The van der Waals surface area contributed by atoms with Gasteiger partial charge in [0.15, 0.2) is 0 Å². The van der Waals surface area contributed by atoms with Crippen molar-refractivity contribution < 1.29 is 4.79 Å². The number of nitrogens with zero attached hydrogens (tertiary/aromatic N) is 3. The van der Waals surface area contributed by atoms with Gasteiger partial charge < -0.3 is 10.6 Å². The molecule has 0 aliphatic carbocycles. The van der Waals surface area contributed by atoms with E-state index < -0.39 is 0 Å². The summed E-state index contributed by atoms with van der Waals surface area (Å²) in [5, 5.41) is 6.23. The third kappa shape index (κ3) is 2.70. The lowest BCUT2D eigenvalue weighted by Crippen LogP contribution is -2.37. The van der Waals surface area contributed by atoms with Crippen molar-refractivity contribution in [2.45, 2.75) is 33.4 Å². The largest absolute Gasteiger partial charge is 0.395 e. The van der Waals surface area contributed by atoms with Crippen LogP contribution >= 0.6 is 11.3 Å². The van der Waals surface area contributed by atoms with Crippen LogP contribution < -0.4 is 5.73 Å². The van der Waals surface area contributed by atoms with Crippen LogP contribution in [-0.2, 0) is 13.6 Å². The molecule has 2 rings (SSSR count). The number of nitrogen functional groups attached to an aromatic ring is 1. The van der Waals surface area contributed by atoms with E-state index in [4.69, 9.17) is 5.73 Å². The Balaban J connectivity index is 2.32. The number of aromatic nitrogens is 2. The molecule has 2 aromatic heterocycles. The highest BCUT2D eigenvalue weighted by Crippen LogP contribution is 2.21. The molecular formula is C14H20N4OS. The Morgan fingerprint density at radius 2 is 2.25 bits per heavy atom. The molecule has 0 aliphatic heterocycles. The number of rotatable bonds is 4. The molecule has 0 spiro atoms. The molecule has 20 heavy (non-hydrogen) atoms. The zero-order chi connectivity index (χ0) is 14.9. The molecule has 0 unspecified atom stereocenters. The summed E-state index contributed by atoms with van der Waals surface area (Å²) >= 11 is 1.65. The minimum Gasteiger partial charge on any atom is -0.395 e. The molecule has 108 valence electrons. The maximum Gasteiger partial charge on any atom is 0.274 e. The van der Waals surface area contributed by atoms with Crippen LogP contribution in [0.4, 0.5) is 5.69 Å². The van der Waals surface area contributed by atoms with Gasteiger partial charge in [-0.1, -0.05) is 6.07 Å². The first-order chi connectivity index (χ1) is 9.41. The highest BCUT2D eigenvalue weighted by Gasteiger charge is 2.25. The second kappa shape index (κ2) is 5.66. The quantitative estimate of drug-likeness (QED) is 0.941. The zero-order valence-electron chi connectivity index (χ0n) is 12.3. The van der Waals surface area contributed by atoms with E-state index in [1.54, 1.807) is 23.1 Å². The SMILES string of the molecule is Cc1nn(C)c(C(=O)N(Cc2cccs2)C(C)C)c1N. The van der Waals surface area contributed by atoms with Crippen molar-refractivity contribution in [1.29, 1.82) is 0 Å². The van der Waals surface area contributed by atoms with Crippen LogP contribution in [0.25, 0.3) is 0 Å². The van der Waals surface area contributed by atoms with Crippen LogP contribution in [0.15, 0.2) is 17.5 Å². The van der Waals surface area contributed by atoms with Gasteiger partial charge in [-0.25, -0.2) is 0 Å². The maximum atomic E-state index is 12.8. The number of nitrogens with two attached hydrogens (primary N) is 1. The number of anilines is 1. The van der Waals surface area contributed by atoms with E-state index in [1.807, 2.05) is 43.2 Å². The molecule has 0 aromatic carbocycles. The lowest BCUT2D eigenvalue weighted by molar-refractivity contribution is 0.0682. The van der Waals surface area contributed by atoms with Crippen molar-refractivity contribution in [2.24, 2.45) is 7.05 Å². The molecular weight excluding hydrogens is 272 g/mol. The summed E-state index contributed by atoms with van der Waals surface area (Å²) in [5.41, 5.74) is 7.61. The van der Waals surface area contributed by atoms with E-state index in [0.29, 0.717) is 23.6 Å². The topological polar surface area (TPSA) is 64.2 Å². The molecule has 0 fully saturated rings. The van der Waals surface area contributed by atoms with Gasteiger partial charge in [0.05, 0.1) is 17.9 Å². The Morgan fingerprint density at radius 1 is 1.55 bits per heavy atom. The average Bonchev–Trinajstić information content (AvgIpc) is 2.95. The molecule has 0 atom stereocenters. The molecule has 0 saturated carbocycles. The van der Waals surface area contributed by atoms with Crippen molar-refractivity contribution in [2.75, 3.05) is 5.73 Å². The standard InChI is InChI=1S/C14H20N4OS/c1-9(2)18(8-11-6-5-7-20-11)14(19)13-12(15)10(3)16-17(13)4/h5-7,9H,8,15H2,1-4H3. The normalized spacial score (nSPS) is 11.1. The van der Waals surface area contributed by atoms with Crippen LogP contribution in [-0.4, -0.2) is 26.6 Å². The Morgan fingerprint density at radius 3 is 2.70 bits per heavy atom. The average molecular weight is 292 g/mol. The third-order valence-electron chi connectivity index (χ3n) is 3.26. The highest BCUT2D eigenvalue weighted by atomic mass is 32.1. The number of aryl methyl sites for hydroxylation is 2. The number of carbonyl (C=O) groups excluding carboxylic acids is 1. The van der Waals surface area contributed by atoms with Crippen LogP contribution in [0.1, 0.15) is 34.9 Å². The maximum absolute atomic E-state index is 12.8. The molecule has 6 heteroatoms. The smallest absolute Gasteiger partial charge is 0.274 e. The minimum absolute atomic E-state index is 0.0750. The van der Waals surface area contributed by atoms with Crippen LogP contribution in [0.3, 0.4) is 0 Å². The fourth-order valence-corrected chi connectivity index (χ4v) is 2.83. The van der Waals surface area contributed by atoms with Crippen LogP contribution in [0.2, 0.25) is 0 Å². The Kier molecular flexibility index (Phi) is 4.13. The number of hydrogen-bond acceptors (Lipinski definition) is 4. The summed E-state index contributed by atoms with van der Waals surface area (Å²) in [6.07, 6.45) is 0. The fraction of sp³-hybridized carbons (Fsp3) is 0.429. The van der Waals surface area contributed by atoms with Gasteiger partial charge in [-0.15, -0.1) is 11.3 Å². The van der Waals surface area contributed by atoms with Gasteiger partial charge in [0.1, 0.15) is 5.69 Å².